The maximum atomic E-state index is 13.3. The number of furan rings is 2. The van der Waals surface area contributed by atoms with E-state index < -0.39 is 0 Å². The van der Waals surface area contributed by atoms with Gasteiger partial charge >= 0.3 is 0 Å². The third-order valence-corrected chi connectivity index (χ3v) is 6.16. The van der Waals surface area contributed by atoms with E-state index in [9.17, 15) is 4.79 Å². The zero-order chi connectivity index (χ0) is 22.2. The number of hydrogen-bond acceptors (Lipinski definition) is 7. The van der Waals surface area contributed by atoms with Crippen LogP contribution in [-0.2, 0) is 4.79 Å². The Morgan fingerprint density at radius 1 is 1.12 bits per heavy atom. The average molecular weight is 446 g/mol. The highest BCUT2D eigenvalue weighted by Crippen LogP contribution is 2.44. The summed E-state index contributed by atoms with van der Waals surface area (Å²) in [4.78, 5) is 13.3. The van der Waals surface area contributed by atoms with Gasteiger partial charge in [-0.3, -0.25) is 4.79 Å². The smallest absolute Gasteiger partial charge is 0.281 e. The molecule has 1 amide bonds. The summed E-state index contributed by atoms with van der Waals surface area (Å²) in [7, 11) is 0. The minimum absolute atomic E-state index is 0.0561. The summed E-state index contributed by atoms with van der Waals surface area (Å²) in [6.07, 6.45) is 8.10. The average Bonchev–Trinajstić information content (AvgIpc) is 3.63. The third kappa shape index (κ3) is 3.67. The number of fused-ring (bicyclic) bond motifs is 2. The quantitative estimate of drug-likeness (QED) is 0.559. The van der Waals surface area contributed by atoms with Crippen LogP contribution in [0.25, 0.3) is 6.08 Å². The molecule has 0 saturated heterocycles. The van der Waals surface area contributed by atoms with Crippen LogP contribution in [0.3, 0.4) is 0 Å². The van der Waals surface area contributed by atoms with Crippen LogP contribution in [0.4, 0.5) is 0 Å². The molecule has 33 heavy (non-hydrogen) atoms. The van der Waals surface area contributed by atoms with Crippen LogP contribution in [0.5, 0.6) is 17.2 Å². The summed E-state index contributed by atoms with van der Waals surface area (Å²) in [5, 5.41) is 6.31. The second-order valence-electron chi connectivity index (χ2n) is 8.17. The molecular formula is C25H22N2O6. The number of hydrazone groups is 1. The Labute approximate surface area is 190 Å². The molecule has 0 N–H and O–H groups in total. The number of carbonyl (C=O) groups is 1. The van der Waals surface area contributed by atoms with Crippen LogP contribution in [0.2, 0.25) is 0 Å². The molecule has 0 bridgehead atoms. The van der Waals surface area contributed by atoms with E-state index in [0.717, 1.165) is 42.1 Å². The Morgan fingerprint density at radius 3 is 2.85 bits per heavy atom. The van der Waals surface area contributed by atoms with Gasteiger partial charge in [0.1, 0.15) is 23.3 Å². The molecule has 1 aromatic carbocycles. The molecule has 2 atom stereocenters. The molecule has 2 aromatic heterocycles. The molecule has 0 spiro atoms. The van der Waals surface area contributed by atoms with Gasteiger partial charge in [-0.05, 0) is 67.3 Å². The highest BCUT2D eigenvalue weighted by atomic mass is 16.7. The molecule has 3 aromatic rings. The van der Waals surface area contributed by atoms with Crippen LogP contribution in [0.1, 0.15) is 36.8 Å². The predicted octanol–water partition coefficient (Wildman–Crippen LogP) is 4.80. The number of ether oxygens (including phenoxy) is 3. The third-order valence-electron chi connectivity index (χ3n) is 6.16. The summed E-state index contributed by atoms with van der Waals surface area (Å²) < 4.78 is 27.7. The molecule has 3 aliphatic rings. The number of amides is 1. The molecule has 2 aliphatic heterocycles. The number of nitrogens with zero attached hydrogens (tertiary/aromatic N) is 2. The van der Waals surface area contributed by atoms with Gasteiger partial charge in [-0.15, -0.1) is 0 Å². The lowest BCUT2D eigenvalue weighted by atomic mass is 9.79. The van der Waals surface area contributed by atoms with Crippen molar-refractivity contribution in [1.29, 1.82) is 0 Å². The van der Waals surface area contributed by atoms with Crippen molar-refractivity contribution in [2.75, 3.05) is 13.4 Å². The maximum absolute atomic E-state index is 13.3. The lowest BCUT2D eigenvalue weighted by Crippen LogP contribution is -2.34. The maximum Gasteiger partial charge on any atom is 0.281 e. The SMILES string of the molecule is O=C(COc1ccc2c(c1)OCO2)N1N=C2/C(=C\c3ccco3)CCCC2C1c1ccco1. The molecule has 2 unspecified atom stereocenters. The molecule has 0 radical (unpaired) electrons. The minimum Gasteiger partial charge on any atom is -0.484 e. The van der Waals surface area contributed by atoms with E-state index in [1.54, 1.807) is 30.7 Å². The van der Waals surface area contributed by atoms with Gasteiger partial charge in [-0.2, -0.15) is 5.10 Å². The van der Waals surface area contributed by atoms with E-state index in [0.29, 0.717) is 17.2 Å². The molecule has 1 aliphatic carbocycles. The molecule has 168 valence electrons. The first-order chi connectivity index (χ1) is 16.3. The number of hydrogen-bond donors (Lipinski definition) is 0. The summed E-state index contributed by atoms with van der Waals surface area (Å²) >= 11 is 0. The molecule has 1 fully saturated rings. The van der Waals surface area contributed by atoms with Crippen LogP contribution in [0, 0.1) is 5.92 Å². The molecule has 6 rings (SSSR count). The number of rotatable bonds is 5. The molecule has 1 saturated carbocycles. The monoisotopic (exact) mass is 446 g/mol. The van der Waals surface area contributed by atoms with Crippen molar-refractivity contribution >= 4 is 17.7 Å². The van der Waals surface area contributed by atoms with Gasteiger partial charge in [0.2, 0.25) is 6.79 Å². The number of benzene rings is 1. The Bertz CT molecular complexity index is 1210. The van der Waals surface area contributed by atoms with Crippen molar-refractivity contribution in [3.05, 3.63) is 72.1 Å². The van der Waals surface area contributed by atoms with E-state index in [-0.39, 0.29) is 31.3 Å². The van der Waals surface area contributed by atoms with Crippen molar-refractivity contribution in [3.63, 3.8) is 0 Å². The zero-order valence-corrected chi connectivity index (χ0v) is 17.8. The topological polar surface area (TPSA) is 86.6 Å². The van der Waals surface area contributed by atoms with Crippen LogP contribution >= 0.6 is 0 Å². The molecule has 8 nitrogen and oxygen atoms in total. The van der Waals surface area contributed by atoms with E-state index in [2.05, 4.69) is 0 Å². The van der Waals surface area contributed by atoms with E-state index in [4.69, 9.17) is 28.1 Å². The van der Waals surface area contributed by atoms with Crippen molar-refractivity contribution in [2.24, 2.45) is 11.0 Å². The number of carbonyl (C=O) groups excluding carboxylic acids is 1. The highest BCUT2D eigenvalue weighted by molar-refractivity contribution is 6.08. The lowest BCUT2D eigenvalue weighted by Gasteiger charge is -2.27. The fraction of sp³-hybridized carbons (Fsp3) is 0.280. The second-order valence-corrected chi connectivity index (χ2v) is 8.17. The van der Waals surface area contributed by atoms with Crippen molar-refractivity contribution in [2.45, 2.75) is 25.3 Å². The standard InChI is InChI=1S/C25H22N2O6/c28-23(14-31-18-8-9-20-22(13-18)33-15-32-20)27-25(21-7-3-11-30-21)19-6-1-4-16(24(19)26-27)12-17-5-2-10-29-17/h2-3,5,7-13,19,25H,1,4,6,14-15H2/b16-12-. The van der Waals surface area contributed by atoms with E-state index in [1.807, 2.05) is 30.3 Å². The predicted molar refractivity (Wildman–Crippen MR) is 118 cm³/mol. The normalized spacial score (nSPS) is 22.4. The summed E-state index contributed by atoms with van der Waals surface area (Å²) in [6, 6.07) is 12.4. The summed E-state index contributed by atoms with van der Waals surface area (Å²) in [6.45, 7) is 0.0284. The first kappa shape index (κ1) is 19.7. The fourth-order valence-electron chi connectivity index (χ4n) is 4.67. The number of allylic oxidation sites excluding steroid dienone is 1. The Balaban J connectivity index is 1.27. The van der Waals surface area contributed by atoms with Gasteiger partial charge < -0.3 is 23.0 Å². The Hall–Kier alpha value is -3.94. The van der Waals surface area contributed by atoms with E-state index in [1.165, 1.54) is 5.01 Å². The molecule has 8 heteroatoms. The van der Waals surface area contributed by atoms with Crippen LogP contribution in [0.15, 0.2) is 74.5 Å². The van der Waals surface area contributed by atoms with Gasteiger partial charge in [0.25, 0.3) is 5.91 Å². The highest BCUT2D eigenvalue weighted by Gasteiger charge is 2.45. The van der Waals surface area contributed by atoms with Crippen LogP contribution < -0.4 is 14.2 Å². The first-order valence-corrected chi connectivity index (χ1v) is 11.0. The van der Waals surface area contributed by atoms with Crippen molar-refractivity contribution in [3.8, 4) is 17.2 Å². The van der Waals surface area contributed by atoms with Gasteiger partial charge in [0.15, 0.2) is 18.1 Å². The van der Waals surface area contributed by atoms with Gasteiger partial charge in [-0.1, -0.05) is 0 Å². The Morgan fingerprint density at radius 2 is 2.00 bits per heavy atom. The fourth-order valence-corrected chi connectivity index (χ4v) is 4.67. The Kier molecular flexibility index (Phi) is 4.90. The summed E-state index contributed by atoms with van der Waals surface area (Å²) in [5.74, 6) is 3.11. The first-order valence-electron chi connectivity index (χ1n) is 11.0. The van der Waals surface area contributed by atoms with Crippen molar-refractivity contribution < 1.29 is 27.8 Å². The van der Waals surface area contributed by atoms with E-state index >= 15 is 0 Å². The lowest BCUT2D eigenvalue weighted by molar-refractivity contribution is -0.136. The molecular weight excluding hydrogens is 424 g/mol. The molecule has 4 heterocycles. The van der Waals surface area contributed by atoms with Crippen LogP contribution in [-0.4, -0.2) is 30.0 Å². The second kappa shape index (κ2) is 8.20. The minimum atomic E-state index is -0.303. The van der Waals surface area contributed by atoms with Gasteiger partial charge in [0.05, 0.1) is 18.2 Å². The zero-order valence-electron chi connectivity index (χ0n) is 17.8. The van der Waals surface area contributed by atoms with Crippen molar-refractivity contribution in [1.82, 2.24) is 5.01 Å². The van der Waals surface area contributed by atoms with Gasteiger partial charge in [-0.25, -0.2) is 5.01 Å². The van der Waals surface area contributed by atoms with Gasteiger partial charge in [0, 0.05) is 12.0 Å². The summed E-state index contributed by atoms with van der Waals surface area (Å²) in [5.41, 5.74) is 2.00. The largest absolute Gasteiger partial charge is 0.484 e.